The maximum Gasteiger partial charge on any atom is 0.172 e. The molecule has 0 heterocycles. The van der Waals surface area contributed by atoms with Gasteiger partial charge in [0.15, 0.2) is 5.78 Å². The van der Waals surface area contributed by atoms with E-state index in [9.17, 15) is 4.79 Å². The second kappa shape index (κ2) is 5.76. The molecule has 2 atom stereocenters. The highest BCUT2D eigenvalue weighted by atomic mass is 16.1. The summed E-state index contributed by atoms with van der Waals surface area (Å²) in [5.74, 6) is 0.540. The molecule has 0 fully saturated rings. The average molecular weight is 282 g/mol. The fourth-order valence-electron chi connectivity index (χ4n) is 3.37. The molecule has 0 saturated carbocycles. The number of hydrogen-bond donors (Lipinski definition) is 2. The Bertz CT molecular complexity index is 616. The predicted molar refractivity (Wildman–Crippen MR) is 88.1 cm³/mol. The van der Waals surface area contributed by atoms with Gasteiger partial charge in [-0.3, -0.25) is 4.79 Å². The van der Waals surface area contributed by atoms with Crippen molar-refractivity contribution < 1.29 is 4.79 Å². The number of nitrogens with one attached hydrogen (secondary N) is 2. The normalized spacial score (nSPS) is 22.7. The van der Waals surface area contributed by atoms with Crippen molar-refractivity contribution in [1.82, 2.24) is 0 Å². The Hall–Kier alpha value is -2.03. The summed E-state index contributed by atoms with van der Waals surface area (Å²) >= 11 is 0. The van der Waals surface area contributed by atoms with Gasteiger partial charge < -0.3 is 10.6 Å². The second-order valence-corrected chi connectivity index (χ2v) is 5.60. The number of carbonyl (C=O) groups is 1. The van der Waals surface area contributed by atoms with Gasteiger partial charge in [0.2, 0.25) is 0 Å². The molecule has 0 spiro atoms. The van der Waals surface area contributed by atoms with Crippen LogP contribution < -0.4 is 10.6 Å². The maximum atomic E-state index is 13.0. The Morgan fingerprint density at radius 2 is 1.71 bits per heavy atom. The van der Waals surface area contributed by atoms with E-state index in [4.69, 9.17) is 0 Å². The number of anilines is 2. The molecule has 3 heteroatoms. The molecule has 3 nitrogen and oxygen atoms in total. The van der Waals surface area contributed by atoms with Crippen molar-refractivity contribution in [2.75, 3.05) is 23.7 Å². The van der Waals surface area contributed by atoms with Gasteiger partial charge in [-0.15, -0.1) is 0 Å². The summed E-state index contributed by atoms with van der Waals surface area (Å²) in [7, 11) is 0. The highest BCUT2D eigenvalue weighted by Crippen LogP contribution is 2.40. The van der Waals surface area contributed by atoms with E-state index in [-0.39, 0.29) is 11.7 Å². The molecule has 1 aromatic carbocycles. The second-order valence-electron chi connectivity index (χ2n) is 5.60. The lowest BCUT2D eigenvalue weighted by Gasteiger charge is -2.32. The van der Waals surface area contributed by atoms with E-state index < -0.39 is 0 Å². The molecule has 2 unspecified atom stereocenters. The van der Waals surface area contributed by atoms with Gasteiger partial charge >= 0.3 is 0 Å². The first-order valence-electron chi connectivity index (χ1n) is 7.79. The Morgan fingerprint density at radius 3 is 2.48 bits per heavy atom. The van der Waals surface area contributed by atoms with Crippen LogP contribution in [0, 0.1) is 11.8 Å². The topological polar surface area (TPSA) is 41.1 Å². The van der Waals surface area contributed by atoms with E-state index >= 15 is 0 Å². The Balaban J connectivity index is 2.12. The molecular formula is C18H22N2O. The Kier molecular flexibility index (Phi) is 3.82. The standard InChI is InChI=1S/C18H22N2O/c1-3-19-15-9-10-16(20-4-2)17-14(15)11-12-7-5-6-8-13(12)18(17)21/h5-10,12-13,19-20H,3-4,11H2,1-2H3. The third kappa shape index (κ3) is 2.37. The molecular weight excluding hydrogens is 260 g/mol. The van der Waals surface area contributed by atoms with Gasteiger partial charge in [0, 0.05) is 35.9 Å². The number of fused-ring (bicyclic) bond motifs is 2. The van der Waals surface area contributed by atoms with Gasteiger partial charge in [-0.2, -0.15) is 0 Å². The molecule has 2 aliphatic rings. The van der Waals surface area contributed by atoms with Gasteiger partial charge in [0.25, 0.3) is 0 Å². The first kappa shape index (κ1) is 13.9. The van der Waals surface area contributed by atoms with Crippen molar-refractivity contribution in [2.45, 2.75) is 20.3 Å². The molecule has 2 N–H and O–H groups in total. The lowest BCUT2D eigenvalue weighted by Crippen LogP contribution is -2.31. The van der Waals surface area contributed by atoms with Crippen molar-refractivity contribution in [3.63, 3.8) is 0 Å². The largest absolute Gasteiger partial charge is 0.385 e. The van der Waals surface area contributed by atoms with E-state index in [1.165, 1.54) is 5.56 Å². The van der Waals surface area contributed by atoms with Gasteiger partial charge in [0.05, 0.1) is 0 Å². The first-order valence-corrected chi connectivity index (χ1v) is 7.79. The highest BCUT2D eigenvalue weighted by molar-refractivity contribution is 6.07. The fourth-order valence-corrected chi connectivity index (χ4v) is 3.37. The number of hydrogen-bond acceptors (Lipinski definition) is 3. The molecule has 21 heavy (non-hydrogen) atoms. The number of benzene rings is 1. The van der Waals surface area contributed by atoms with E-state index in [0.717, 1.165) is 36.4 Å². The van der Waals surface area contributed by atoms with Crippen molar-refractivity contribution >= 4 is 17.2 Å². The monoisotopic (exact) mass is 282 g/mol. The molecule has 0 aromatic heterocycles. The Labute approximate surface area is 126 Å². The van der Waals surface area contributed by atoms with Crippen LogP contribution in [0.25, 0.3) is 0 Å². The summed E-state index contributed by atoms with van der Waals surface area (Å²) in [4.78, 5) is 13.0. The van der Waals surface area contributed by atoms with Gasteiger partial charge in [-0.1, -0.05) is 24.3 Å². The summed E-state index contributed by atoms with van der Waals surface area (Å²) in [6, 6.07) is 4.12. The van der Waals surface area contributed by atoms with Crippen LogP contribution in [0.2, 0.25) is 0 Å². The summed E-state index contributed by atoms with van der Waals surface area (Å²) in [5, 5.41) is 6.74. The number of carbonyl (C=O) groups excluding carboxylic acids is 1. The number of Topliss-reactive ketones (excluding diaryl/α,β-unsaturated/α-hetero) is 1. The van der Waals surface area contributed by atoms with Crippen LogP contribution in [0.1, 0.15) is 29.8 Å². The minimum Gasteiger partial charge on any atom is -0.385 e. The molecule has 0 saturated heterocycles. The van der Waals surface area contributed by atoms with Gasteiger partial charge in [-0.05, 0) is 43.9 Å². The van der Waals surface area contributed by atoms with Crippen LogP contribution >= 0.6 is 0 Å². The molecule has 0 aliphatic heterocycles. The summed E-state index contributed by atoms with van der Waals surface area (Å²) < 4.78 is 0. The molecule has 0 amide bonds. The molecule has 1 aromatic rings. The first-order chi connectivity index (χ1) is 10.3. The SMILES string of the molecule is CCNc1ccc(NCC)c2c1CC1C=CC=CC1C2=O. The highest BCUT2D eigenvalue weighted by Gasteiger charge is 2.36. The average Bonchev–Trinajstić information content (AvgIpc) is 2.50. The summed E-state index contributed by atoms with van der Waals surface area (Å²) in [6.45, 7) is 5.83. The maximum absolute atomic E-state index is 13.0. The van der Waals surface area contributed by atoms with Crippen molar-refractivity contribution in [2.24, 2.45) is 11.8 Å². The molecule has 0 radical (unpaired) electrons. The van der Waals surface area contributed by atoms with Crippen molar-refractivity contribution in [3.05, 3.63) is 47.6 Å². The smallest absolute Gasteiger partial charge is 0.172 e. The third-order valence-electron chi connectivity index (χ3n) is 4.29. The van der Waals surface area contributed by atoms with Crippen molar-refractivity contribution in [3.8, 4) is 0 Å². The zero-order valence-corrected chi connectivity index (χ0v) is 12.6. The van der Waals surface area contributed by atoms with Crippen LogP contribution in [0.4, 0.5) is 11.4 Å². The van der Waals surface area contributed by atoms with E-state index in [0.29, 0.717) is 5.92 Å². The van der Waals surface area contributed by atoms with E-state index in [2.05, 4.69) is 42.7 Å². The third-order valence-corrected chi connectivity index (χ3v) is 4.29. The zero-order valence-electron chi connectivity index (χ0n) is 12.6. The summed E-state index contributed by atoms with van der Waals surface area (Å²) in [6.07, 6.45) is 9.19. The predicted octanol–water partition coefficient (Wildman–Crippen LogP) is 3.65. The number of allylic oxidation sites excluding steroid dienone is 4. The Morgan fingerprint density at radius 1 is 1.05 bits per heavy atom. The minimum atomic E-state index is -0.00298. The van der Waals surface area contributed by atoms with Gasteiger partial charge in [-0.25, -0.2) is 0 Å². The number of ketones is 1. The van der Waals surface area contributed by atoms with Crippen LogP contribution in [0.3, 0.4) is 0 Å². The molecule has 2 aliphatic carbocycles. The lowest BCUT2D eigenvalue weighted by atomic mass is 9.72. The lowest BCUT2D eigenvalue weighted by molar-refractivity contribution is 0.0909. The van der Waals surface area contributed by atoms with Crippen LogP contribution in [0.5, 0.6) is 0 Å². The quantitative estimate of drug-likeness (QED) is 0.885. The molecule has 0 bridgehead atoms. The summed E-state index contributed by atoms with van der Waals surface area (Å²) in [5.41, 5.74) is 4.13. The van der Waals surface area contributed by atoms with Crippen LogP contribution in [-0.2, 0) is 6.42 Å². The van der Waals surface area contributed by atoms with E-state index in [1.54, 1.807) is 0 Å². The zero-order chi connectivity index (χ0) is 14.8. The van der Waals surface area contributed by atoms with Gasteiger partial charge in [0.1, 0.15) is 0 Å². The number of rotatable bonds is 4. The van der Waals surface area contributed by atoms with Crippen molar-refractivity contribution in [1.29, 1.82) is 0 Å². The minimum absolute atomic E-state index is 0.00298. The molecule has 110 valence electrons. The van der Waals surface area contributed by atoms with E-state index in [1.807, 2.05) is 18.2 Å². The van der Waals surface area contributed by atoms with Crippen LogP contribution in [0.15, 0.2) is 36.4 Å². The van der Waals surface area contributed by atoms with Crippen LogP contribution in [-0.4, -0.2) is 18.9 Å². The fraction of sp³-hybridized carbons (Fsp3) is 0.389. The molecule has 3 rings (SSSR count).